The molecule has 2 amide bonds. The van der Waals surface area contributed by atoms with Crippen LogP contribution < -0.4 is 5.32 Å². The number of benzene rings is 1. The van der Waals surface area contributed by atoms with Crippen LogP contribution in [0.25, 0.3) is 11.5 Å². The highest BCUT2D eigenvalue weighted by molar-refractivity contribution is 5.90. The number of hydrogen-bond acceptors (Lipinski definition) is 5. The molecule has 0 spiro atoms. The van der Waals surface area contributed by atoms with Gasteiger partial charge in [0, 0.05) is 43.3 Å². The molecular formula is C18H15F3N4O3. The Bertz CT molecular complexity index is 1040. The van der Waals surface area contributed by atoms with E-state index in [9.17, 15) is 18.0 Å². The van der Waals surface area contributed by atoms with Crippen molar-refractivity contribution in [3.63, 3.8) is 0 Å². The van der Waals surface area contributed by atoms with E-state index in [1.807, 2.05) is 0 Å². The fourth-order valence-corrected chi connectivity index (χ4v) is 3.27. The molecule has 1 aliphatic rings. The van der Waals surface area contributed by atoms with E-state index < -0.39 is 29.5 Å². The van der Waals surface area contributed by atoms with E-state index in [1.54, 1.807) is 13.8 Å². The van der Waals surface area contributed by atoms with Gasteiger partial charge >= 0.3 is 6.03 Å². The molecule has 0 radical (unpaired) electrons. The Kier molecular flexibility index (Phi) is 4.33. The van der Waals surface area contributed by atoms with E-state index in [2.05, 4.69) is 15.5 Å². The number of hydrogen-bond donors (Lipinski definition) is 1. The summed E-state index contributed by atoms with van der Waals surface area (Å²) in [4.78, 5) is 18.4. The maximum atomic E-state index is 13.4. The molecule has 0 fully saturated rings. The lowest BCUT2D eigenvalue weighted by Crippen LogP contribution is -2.41. The van der Waals surface area contributed by atoms with Crippen molar-refractivity contribution >= 4 is 11.7 Å². The van der Waals surface area contributed by atoms with Crippen molar-refractivity contribution in [1.29, 1.82) is 0 Å². The normalized spacial score (nSPS) is 16.2. The molecule has 0 bridgehead atoms. The lowest BCUT2D eigenvalue weighted by Gasteiger charge is -2.32. The van der Waals surface area contributed by atoms with E-state index in [4.69, 9.17) is 8.94 Å². The Morgan fingerprint density at radius 2 is 2.00 bits per heavy atom. The summed E-state index contributed by atoms with van der Waals surface area (Å²) in [7, 11) is 0. The molecule has 0 aliphatic carbocycles. The van der Waals surface area contributed by atoms with E-state index in [-0.39, 0.29) is 5.69 Å². The summed E-state index contributed by atoms with van der Waals surface area (Å²) in [5.74, 6) is -3.50. The van der Waals surface area contributed by atoms with Crippen LogP contribution in [0.2, 0.25) is 0 Å². The zero-order valence-corrected chi connectivity index (χ0v) is 14.9. The van der Waals surface area contributed by atoms with Gasteiger partial charge in [0.15, 0.2) is 29.1 Å². The number of amides is 2. The Labute approximate surface area is 157 Å². The van der Waals surface area contributed by atoms with Crippen molar-refractivity contribution in [2.24, 2.45) is 0 Å². The van der Waals surface area contributed by atoms with Gasteiger partial charge in [0.1, 0.15) is 12.0 Å². The quantitative estimate of drug-likeness (QED) is 0.661. The number of aryl methyl sites for hydroxylation is 1. The Hall–Kier alpha value is -3.30. The Balaban J connectivity index is 1.60. The lowest BCUT2D eigenvalue weighted by molar-refractivity contribution is 0.188. The number of fused-ring (bicyclic) bond motifs is 1. The second-order valence-electron chi connectivity index (χ2n) is 6.43. The second-order valence-corrected chi connectivity index (χ2v) is 6.43. The average Bonchev–Trinajstić information content (AvgIpc) is 3.26. The van der Waals surface area contributed by atoms with E-state index in [1.165, 1.54) is 11.2 Å². The van der Waals surface area contributed by atoms with E-state index >= 15 is 0 Å². The molecule has 0 saturated carbocycles. The number of halogens is 3. The number of anilines is 1. The molecule has 1 aromatic carbocycles. The van der Waals surface area contributed by atoms with Crippen molar-refractivity contribution in [2.45, 2.75) is 26.3 Å². The predicted octanol–water partition coefficient (Wildman–Crippen LogP) is 4.21. The monoisotopic (exact) mass is 392 g/mol. The fraction of sp³-hybridized carbons (Fsp3) is 0.278. The summed E-state index contributed by atoms with van der Waals surface area (Å²) in [6.45, 7) is 3.78. The highest BCUT2D eigenvalue weighted by Gasteiger charge is 2.34. The van der Waals surface area contributed by atoms with Crippen molar-refractivity contribution in [3.8, 4) is 11.5 Å². The minimum Gasteiger partial charge on any atom is -0.449 e. The molecule has 1 atom stereocenters. The summed E-state index contributed by atoms with van der Waals surface area (Å²) >= 11 is 0. The van der Waals surface area contributed by atoms with Gasteiger partial charge in [0.05, 0.1) is 11.7 Å². The van der Waals surface area contributed by atoms with E-state index in [0.717, 1.165) is 12.1 Å². The summed E-state index contributed by atoms with van der Waals surface area (Å²) in [6, 6.07) is 0.405. The molecule has 2 aromatic heterocycles. The van der Waals surface area contributed by atoms with Crippen molar-refractivity contribution in [3.05, 3.63) is 53.0 Å². The van der Waals surface area contributed by atoms with Crippen LogP contribution in [0.4, 0.5) is 23.7 Å². The molecule has 10 heteroatoms. The highest BCUT2D eigenvalue weighted by atomic mass is 19.2. The third-order valence-corrected chi connectivity index (χ3v) is 4.63. The van der Waals surface area contributed by atoms with Gasteiger partial charge < -0.3 is 19.2 Å². The molecule has 3 aromatic rings. The second kappa shape index (κ2) is 6.70. The molecule has 7 nitrogen and oxygen atoms in total. The minimum absolute atomic E-state index is 0.183. The molecule has 146 valence electrons. The van der Waals surface area contributed by atoms with E-state index in [0.29, 0.717) is 41.6 Å². The number of aromatic nitrogens is 2. The first-order valence-corrected chi connectivity index (χ1v) is 8.48. The third kappa shape index (κ3) is 3.00. The molecule has 0 unspecified atom stereocenters. The summed E-state index contributed by atoms with van der Waals surface area (Å²) < 4.78 is 50.5. The maximum absolute atomic E-state index is 13.4. The van der Waals surface area contributed by atoms with Crippen LogP contribution in [-0.4, -0.2) is 27.6 Å². The molecule has 3 heterocycles. The largest absolute Gasteiger partial charge is 0.449 e. The van der Waals surface area contributed by atoms with Crippen LogP contribution >= 0.6 is 0 Å². The average molecular weight is 392 g/mol. The third-order valence-electron chi connectivity index (χ3n) is 4.63. The summed E-state index contributed by atoms with van der Waals surface area (Å²) in [6.07, 6.45) is 1.87. The van der Waals surface area contributed by atoms with Gasteiger partial charge in [-0.3, -0.25) is 0 Å². The Morgan fingerprint density at radius 3 is 2.64 bits per heavy atom. The topological polar surface area (TPSA) is 84.4 Å². The van der Waals surface area contributed by atoms with Crippen LogP contribution in [-0.2, 0) is 6.42 Å². The van der Waals surface area contributed by atoms with Gasteiger partial charge in [-0.2, -0.15) is 0 Å². The SMILES string of the molecule is Cc1nc(-c2onc3c2[C@H](C)N(C(=O)Nc2cc(F)c(F)c(F)c2)CC3)co1. The Morgan fingerprint density at radius 1 is 1.29 bits per heavy atom. The molecule has 0 saturated heterocycles. The minimum atomic E-state index is -1.59. The zero-order valence-electron chi connectivity index (χ0n) is 14.9. The molecule has 1 N–H and O–H groups in total. The number of carbonyl (C=O) groups is 1. The summed E-state index contributed by atoms with van der Waals surface area (Å²) in [5.41, 5.74) is 1.66. The predicted molar refractivity (Wildman–Crippen MR) is 90.9 cm³/mol. The first-order chi connectivity index (χ1) is 13.3. The smallest absolute Gasteiger partial charge is 0.322 e. The fourth-order valence-electron chi connectivity index (χ4n) is 3.27. The van der Waals surface area contributed by atoms with Crippen LogP contribution in [0.5, 0.6) is 0 Å². The van der Waals surface area contributed by atoms with Crippen LogP contribution in [0, 0.1) is 24.4 Å². The first kappa shape index (κ1) is 18.1. The number of carbonyl (C=O) groups excluding carboxylic acids is 1. The number of rotatable bonds is 2. The van der Waals surface area contributed by atoms with Gasteiger partial charge in [0.2, 0.25) is 0 Å². The number of nitrogens with one attached hydrogen (secondary N) is 1. The number of urea groups is 1. The molecule has 1 aliphatic heterocycles. The van der Waals surface area contributed by atoms with Crippen LogP contribution in [0.15, 0.2) is 27.3 Å². The first-order valence-electron chi connectivity index (χ1n) is 8.48. The molecule has 28 heavy (non-hydrogen) atoms. The lowest BCUT2D eigenvalue weighted by atomic mass is 9.97. The number of oxazole rings is 1. The van der Waals surface area contributed by atoms with Gasteiger partial charge in [-0.15, -0.1) is 0 Å². The summed E-state index contributed by atoms with van der Waals surface area (Å²) in [5, 5.41) is 6.44. The van der Waals surface area contributed by atoms with Crippen LogP contribution in [0.3, 0.4) is 0 Å². The zero-order chi connectivity index (χ0) is 20.0. The van der Waals surface area contributed by atoms with Crippen molar-refractivity contribution in [1.82, 2.24) is 15.0 Å². The van der Waals surface area contributed by atoms with Gasteiger partial charge in [-0.05, 0) is 6.92 Å². The molecule has 4 rings (SSSR count). The van der Waals surface area contributed by atoms with Gasteiger partial charge in [0.25, 0.3) is 0 Å². The standard InChI is InChI=1S/C18H15F3N4O3/c1-8-15-13(24-28-17(15)14-7-27-9(2)22-14)3-4-25(8)18(26)23-10-5-11(19)16(21)12(20)6-10/h5-8H,3-4H2,1-2H3,(H,23,26)/t8-/m0/s1. The van der Waals surface area contributed by atoms with Crippen molar-refractivity contribution < 1.29 is 26.9 Å². The van der Waals surface area contributed by atoms with Gasteiger partial charge in [-0.1, -0.05) is 5.16 Å². The van der Waals surface area contributed by atoms with Crippen LogP contribution in [0.1, 0.15) is 30.1 Å². The van der Waals surface area contributed by atoms with Crippen molar-refractivity contribution in [2.75, 3.05) is 11.9 Å². The molecular weight excluding hydrogens is 377 g/mol. The highest BCUT2D eigenvalue weighted by Crippen LogP contribution is 2.37. The maximum Gasteiger partial charge on any atom is 0.322 e. The van der Waals surface area contributed by atoms with Gasteiger partial charge in [-0.25, -0.2) is 22.9 Å². The number of nitrogens with zero attached hydrogens (tertiary/aromatic N) is 3.